The van der Waals surface area contributed by atoms with E-state index in [9.17, 15) is 4.79 Å². The Morgan fingerprint density at radius 1 is 1.20 bits per heavy atom. The molecule has 0 saturated heterocycles. The number of hydrazine groups is 1. The largest absolute Gasteiger partial charge is 0.309 e. The van der Waals surface area contributed by atoms with E-state index in [1.54, 1.807) is 0 Å². The van der Waals surface area contributed by atoms with Gasteiger partial charge >= 0.3 is 0 Å². The van der Waals surface area contributed by atoms with E-state index in [-0.39, 0.29) is 11.8 Å². The van der Waals surface area contributed by atoms with Gasteiger partial charge in [-0.3, -0.25) is 10.2 Å². The van der Waals surface area contributed by atoms with Gasteiger partial charge in [0.2, 0.25) is 5.91 Å². The number of nitrogens with one attached hydrogen (secondary N) is 1. The van der Waals surface area contributed by atoms with Gasteiger partial charge in [-0.2, -0.15) is 0 Å². The maximum Gasteiger partial charge on any atom is 0.242 e. The number of amides is 1. The van der Waals surface area contributed by atoms with Crippen LogP contribution in [0.3, 0.4) is 0 Å². The van der Waals surface area contributed by atoms with Crippen LogP contribution in [0.15, 0.2) is 30.3 Å². The monoisotopic (exact) mass is 278 g/mol. The first-order valence-corrected chi connectivity index (χ1v) is 6.93. The maximum atomic E-state index is 12.0. The molecule has 5 nitrogen and oxygen atoms in total. The smallest absolute Gasteiger partial charge is 0.242 e. The van der Waals surface area contributed by atoms with Gasteiger partial charge < -0.3 is 9.80 Å². The molecule has 0 bridgehead atoms. The summed E-state index contributed by atoms with van der Waals surface area (Å²) in [5, 5.41) is 0. The summed E-state index contributed by atoms with van der Waals surface area (Å²) in [4.78, 5) is 16.3. The first kappa shape index (κ1) is 16.6. The van der Waals surface area contributed by atoms with E-state index in [1.807, 2.05) is 37.4 Å². The van der Waals surface area contributed by atoms with E-state index in [0.717, 1.165) is 25.1 Å². The molecule has 1 rings (SSSR count). The van der Waals surface area contributed by atoms with Gasteiger partial charge in [0.05, 0.1) is 5.92 Å². The zero-order valence-electron chi connectivity index (χ0n) is 12.7. The minimum Gasteiger partial charge on any atom is -0.309 e. The Morgan fingerprint density at radius 2 is 1.85 bits per heavy atom. The normalized spacial score (nSPS) is 12.7. The first-order valence-electron chi connectivity index (χ1n) is 6.93. The third-order valence-electron chi connectivity index (χ3n) is 3.30. The van der Waals surface area contributed by atoms with Crippen LogP contribution in [0, 0.1) is 0 Å². The van der Waals surface area contributed by atoms with E-state index in [0.29, 0.717) is 6.54 Å². The summed E-state index contributed by atoms with van der Waals surface area (Å²) < 4.78 is 0. The molecule has 0 spiro atoms. The summed E-state index contributed by atoms with van der Waals surface area (Å²) in [5.41, 5.74) is 3.26. The molecule has 0 heterocycles. The van der Waals surface area contributed by atoms with Crippen molar-refractivity contribution in [3.8, 4) is 0 Å². The van der Waals surface area contributed by atoms with Crippen LogP contribution in [0.25, 0.3) is 0 Å². The van der Waals surface area contributed by atoms with Crippen LogP contribution in [0.5, 0.6) is 0 Å². The van der Waals surface area contributed by atoms with Crippen LogP contribution in [-0.4, -0.2) is 56.5 Å². The molecular formula is C15H26N4O. The Balaban J connectivity index is 2.59. The molecule has 0 fully saturated rings. The number of hydrogen-bond acceptors (Lipinski definition) is 4. The van der Waals surface area contributed by atoms with Crippen LogP contribution in [0.1, 0.15) is 17.9 Å². The number of hydrogen-bond donors (Lipinski definition) is 2. The molecule has 0 radical (unpaired) electrons. The van der Waals surface area contributed by atoms with Crippen molar-refractivity contribution in [2.24, 2.45) is 5.84 Å². The van der Waals surface area contributed by atoms with Gasteiger partial charge in [0, 0.05) is 6.54 Å². The van der Waals surface area contributed by atoms with Crippen LogP contribution >= 0.6 is 0 Å². The predicted octanol–water partition coefficient (Wildman–Crippen LogP) is 0.644. The number of benzene rings is 1. The summed E-state index contributed by atoms with van der Waals surface area (Å²) in [6.45, 7) is 2.67. The lowest BCUT2D eigenvalue weighted by molar-refractivity contribution is -0.123. The van der Waals surface area contributed by atoms with Crippen molar-refractivity contribution >= 4 is 5.91 Å². The molecule has 0 aliphatic rings. The fourth-order valence-corrected chi connectivity index (χ4v) is 2.19. The molecule has 20 heavy (non-hydrogen) atoms. The van der Waals surface area contributed by atoms with E-state index in [1.165, 1.54) is 0 Å². The van der Waals surface area contributed by atoms with E-state index in [4.69, 9.17) is 5.84 Å². The summed E-state index contributed by atoms with van der Waals surface area (Å²) >= 11 is 0. The highest BCUT2D eigenvalue weighted by atomic mass is 16.2. The van der Waals surface area contributed by atoms with Crippen molar-refractivity contribution in [3.05, 3.63) is 35.9 Å². The highest BCUT2D eigenvalue weighted by molar-refractivity contribution is 5.83. The van der Waals surface area contributed by atoms with E-state index >= 15 is 0 Å². The fourth-order valence-electron chi connectivity index (χ4n) is 2.19. The number of carbonyl (C=O) groups excluding carboxylic acids is 1. The lowest BCUT2D eigenvalue weighted by Gasteiger charge is -2.23. The highest BCUT2D eigenvalue weighted by Crippen LogP contribution is 2.16. The molecule has 1 aromatic rings. The predicted molar refractivity (Wildman–Crippen MR) is 82.2 cm³/mol. The number of likely N-dealkylation sites (N-methyl/N-ethyl adjacent to an activating group) is 1. The molecule has 1 atom stereocenters. The second-order valence-electron chi connectivity index (χ2n) is 5.39. The topological polar surface area (TPSA) is 61.6 Å². The molecular weight excluding hydrogens is 252 g/mol. The first-order chi connectivity index (χ1) is 9.54. The van der Waals surface area contributed by atoms with Crippen molar-refractivity contribution in [2.75, 3.05) is 40.8 Å². The summed E-state index contributed by atoms with van der Waals surface area (Å²) in [7, 11) is 6.17. The number of rotatable bonds is 8. The summed E-state index contributed by atoms with van der Waals surface area (Å²) in [5.74, 6) is 4.93. The summed E-state index contributed by atoms with van der Waals surface area (Å²) in [6, 6.07) is 9.76. The Morgan fingerprint density at radius 3 is 2.40 bits per heavy atom. The van der Waals surface area contributed by atoms with Crippen LogP contribution in [0.2, 0.25) is 0 Å². The van der Waals surface area contributed by atoms with Crippen molar-refractivity contribution in [1.29, 1.82) is 0 Å². The Labute approximate surface area is 121 Å². The maximum absolute atomic E-state index is 12.0. The molecule has 1 unspecified atom stereocenters. The zero-order valence-corrected chi connectivity index (χ0v) is 12.7. The van der Waals surface area contributed by atoms with E-state index in [2.05, 4.69) is 29.3 Å². The second kappa shape index (κ2) is 8.68. The average molecular weight is 278 g/mol. The van der Waals surface area contributed by atoms with Gasteiger partial charge in [-0.25, -0.2) is 5.84 Å². The highest BCUT2D eigenvalue weighted by Gasteiger charge is 2.21. The molecule has 0 aliphatic heterocycles. The minimum atomic E-state index is -0.231. The van der Waals surface area contributed by atoms with Crippen LogP contribution < -0.4 is 11.3 Å². The van der Waals surface area contributed by atoms with Gasteiger partial charge in [-0.15, -0.1) is 0 Å². The number of nitrogens with zero attached hydrogens (tertiary/aromatic N) is 2. The summed E-state index contributed by atoms with van der Waals surface area (Å²) in [6.07, 6.45) is 1.08. The lowest BCUT2D eigenvalue weighted by Crippen LogP contribution is -2.40. The Bertz CT molecular complexity index is 394. The zero-order chi connectivity index (χ0) is 15.0. The molecule has 1 amide bonds. The quantitative estimate of drug-likeness (QED) is 0.416. The van der Waals surface area contributed by atoms with Crippen molar-refractivity contribution in [2.45, 2.75) is 12.3 Å². The number of carbonyl (C=O) groups is 1. The molecule has 0 aliphatic carbocycles. The third-order valence-corrected chi connectivity index (χ3v) is 3.30. The second-order valence-corrected chi connectivity index (χ2v) is 5.39. The van der Waals surface area contributed by atoms with E-state index < -0.39 is 0 Å². The van der Waals surface area contributed by atoms with Crippen molar-refractivity contribution in [1.82, 2.24) is 15.2 Å². The average Bonchev–Trinajstić information content (AvgIpc) is 2.44. The van der Waals surface area contributed by atoms with Gasteiger partial charge in [0.1, 0.15) is 0 Å². The molecule has 0 aromatic heterocycles. The van der Waals surface area contributed by atoms with Gasteiger partial charge in [-0.1, -0.05) is 30.3 Å². The van der Waals surface area contributed by atoms with Crippen LogP contribution in [-0.2, 0) is 4.79 Å². The van der Waals surface area contributed by atoms with Crippen molar-refractivity contribution in [3.63, 3.8) is 0 Å². The molecule has 5 heteroatoms. The van der Waals surface area contributed by atoms with Gasteiger partial charge in [-0.05, 0) is 46.2 Å². The lowest BCUT2D eigenvalue weighted by atomic mass is 9.98. The SMILES string of the molecule is CN(C)CCCN(C)CC(C(=O)NN)c1ccccc1. The van der Waals surface area contributed by atoms with Gasteiger partial charge in [0.25, 0.3) is 0 Å². The standard InChI is InChI=1S/C15H26N4O/c1-18(2)10-7-11-19(3)12-14(15(20)17-16)13-8-5-4-6-9-13/h4-6,8-9,14H,7,10-12,16H2,1-3H3,(H,17,20). The van der Waals surface area contributed by atoms with Crippen LogP contribution in [0.4, 0.5) is 0 Å². The molecule has 112 valence electrons. The molecule has 3 N–H and O–H groups in total. The fraction of sp³-hybridized carbons (Fsp3) is 0.533. The minimum absolute atomic E-state index is 0.143. The Hall–Kier alpha value is -1.43. The van der Waals surface area contributed by atoms with Crippen molar-refractivity contribution < 1.29 is 4.79 Å². The molecule has 1 aromatic carbocycles. The number of nitrogens with two attached hydrogens (primary N) is 1. The third kappa shape index (κ3) is 5.69. The van der Waals surface area contributed by atoms with Gasteiger partial charge in [0.15, 0.2) is 0 Å². The Kier molecular flexibility index (Phi) is 7.22. The molecule has 0 saturated carbocycles.